The molecule has 0 radical (unpaired) electrons. The van der Waals surface area contributed by atoms with Crippen LogP contribution in [0.15, 0.2) is 9.59 Å². The van der Waals surface area contributed by atoms with Gasteiger partial charge in [0.25, 0.3) is 5.56 Å². The lowest BCUT2D eigenvalue weighted by Gasteiger charge is -2.32. The van der Waals surface area contributed by atoms with E-state index in [0.29, 0.717) is 23.0 Å². The molecular formula is C15H23N5O3. The maximum atomic E-state index is 12.3. The zero-order valence-corrected chi connectivity index (χ0v) is 13.7. The van der Waals surface area contributed by atoms with Gasteiger partial charge in [0.2, 0.25) is 5.95 Å². The number of aromatic nitrogens is 4. The van der Waals surface area contributed by atoms with E-state index in [1.54, 1.807) is 18.5 Å². The number of aliphatic hydroxyl groups is 1. The number of imidazole rings is 1. The van der Waals surface area contributed by atoms with Gasteiger partial charge >= 0.3 is 5.69 Å². The molecular weight excluding hydrogens is 298 g/mol. The summed E-state index contributed by atoms with van der Waals surface area (Å²) in [5.41, 5.74) is -0.260. The van der Waals surface area contributed by atoms with Crippen molar-refractivity contribution < 1.29 is 5.11 Å². The molecule has 2 aromatic heterocycles. The molecule has 8 nitrogen and oxygen atoms in total. The van der Waals surface area contributed by atoms with E-state index in [2.05, 4.69) is 21.8 Å². The normalized spacial score (nSPS) is 20.2. The smallest absolute Gasteiger partial charge is 0.329 e. The molecule has 0 aromatic carbocycles. The number of hydrogen-bond acceptors (Lipinski definition) is 5. The van der Waals surface area contributed by atoms with Gasteiger partial charge in [0.1, 0.15) is 0 Å². The average Bonchev–Trinajstić information content (AvgIpc) is 2.84. The molecule has 1 aliphatic heterocycles. The standard InChI is InChI=1S/C15H23N5O3/c1-9-5-4-6-19(7-9)14-16-12-11(20(14)8-10(2)21)13(22)17-15(23)18(12)3/h9-10,21H,4-8H2,1-3H3,(H,17,22,23)/t9-,10-/m1/s1. The van der Waals surface area contributed by atoms with Gasteiger partial charge in [-0.05, 0) is 25.7 Å². The fraction of sp³-hybridized carbons (Fsp3) is 0.667. The minimum atomic E-state index is -0.620. The first-order valence-corrected chi connectivity index (χ1v) is 8.01. The van der Waals surface area contributed by atoms with Gasteiger partial charge in [-0.15, -0.1) is 0 Å². The zero-order valence-electron chi connectivity index (χ0n) is 13.7. The molecule has 0 aliphatic carbocycles. The third kappa shape index (κ3) is 2.78. The van der Waals surface area contributed by atoms with Crippen molar-refractivity contribution in [1.29, 1.82) is 0 Å². The number of anilines is 1. The first-order valence-electron chi connectivity index (χ1n) is 8.01. The summed E-state index contributed by atoms with van der Waals surface area (Å²) in [4.78, 5) is 33.1. The predicted molar refractivity (Wildman–Crippen MR) is 87.9 cm³/mol. The Labute approximate surface area is 133 Å². The van der Waals surface area contributed by atoms with Crippen LogP contribution in [0.4, 0.5) is 5.95 Å². The Hall–Kier alpha value is -2.09. The summed E-state index contributed by atoms with van der Waals surface area (Å²) >= 11 is 0. The van der Waals surface area contributed by atoms with Crippen LogP contribution < -0.4 is 16.1 Å². The van der Waals surface area contributed by atoms with E-state index in [-0.39, 0.29) is 6.54 Å². The molecule has 8 heteroatoms. The van der Waals surface area contributed by atoms with Gasteiger partial charge in [0.05, 0.1) is 12.6 Å². The first kappa shape index (κ1) is 15.8. The summed E-state index contributed by atoms with van der Waals surface area (Å²) in [5, 5.41) is 9.83. The third-order valence-corrected chi connectivity index (χ3v) is 4.37. The topological polar surface area (TPSA) is 96.2 Å². The highest BCUT2D eigenvalue weighted by Crippen LogP contribution is 2.25. The van der Waals surface area contributed by atoms with E-state index in [1.165, 1.54) is 11.0 Å². The molecule has 0 bridgehead atoms. The molecule has 2 N–H and O–H groups in total. The minimum absolute atomic E-state index is 0.262. The van der Waals surface area contributed by atoms with Crippen LogP contribution in [0.5, 0.6) is 0 Å². The molecule has 3 heterocycles. The summed E-state index contributed by atoms with van der Waals surface area (Å²) < 4.78 is 3.07. The van der Waals surface area contributed by atoms with Crippen molar-refractivity contribution in [3.05, 3.63) is 20.8 Å². The molecule has 0 unspecified atom stereocenters. The fourth-order valence-corrected chi connectivity index (χ4v) is 3.27. The molecule has 23 heavy (non-hydrogen) atoms. The number of aliphatic hydroxyl groups excluding tert-OH is 1. The summed E-state index contributed by atoms with van der Waals surface area (Å²) in [5.74, 6) is 1.20. The highest BCUT2D eigenvalue weighted by atomic mass is 16.3. The first-order chi connectivity index (χ1) is 10.9. The summed E-state index contributed by atoms with van der Waals surface area (Å²) in [7, 11) is 1.59. The maximum absolute atomic E-state index is 12.3. The van der Waals surface area contributed by atoms with E-state index in [4.69, 9.17) is 0 Å². The lowest BCUT2D eigenvalue weighted by molar-refractivity contribution is 0.175. The minimum Gasteiger partial charge on any atom is -0.392 e. The molecule has 3 rings (SSSR count). The number of fused-ring (bicyclic) bond motifs is 1. The number of piperidine rings is 1. The largest absolute Gasteiger partial charge is 0.392 e. The highest BCUT2D eigenvalue weighted by Gasteiger charge is 2.25. The SMILES string of the molecule is C[C@@H]1CCCN(c2nc3c(c(=O)[nH]c(=O)n3C)n2C[C@@H](C)O)C1. The predicted octanol–water partition coefficient (Wildman–Crippen LogP) is 0.0404. The van der Waals surface area contributed by atoms with Crippen molar-refractivity contribution in [3.63, 3.8) is 0 Å². The third-order valence-electron chi connectivity index (χ3n) is 4.37. The van der Waals surface area contributed by atoms with Crippen molar-refractivity contribution in [2.45, 2.75) is 39.3 Å². The second-order valence-corrected chi connectivity index (χ2v) is 6.56. The number of aromatic amines is 1. The van der Waals surface area contributed by atoms with Crippen LogP contribution in [0.1, 0.15) is 26.7 Å². The molecule has 2 aromatic rings. The number of nitrogens with one attached hydrogen (secondary N) is 1. The second kappa shape index (κ2) is 5.84. The van der Waals surface area contributed by atoms with Gasteiger partial charge in [-0.2, -0.15) is 4.98 Å². The number of nitrogens with zero attached hydrogens (tertiary/aromatic N) is 4. The molecule has 0 saturated carbocycles. The van der Waals surface area contributed by atoms with Crippen molar-refractivity contribution in [2.75, 3.05) is 18.0 Å². The van der Waals surface area contributed by atoms with E-state index in [9.17, 15) is 14.7 Å². The Kier molecular flexibility index (Phi) is 4.01. The Morgan fingerprint density at radius 1 is 1.43 bits per heavy atom. The molecule has 2 atom stereocenters. The van der Waals surface area contributed by atoms with Crippen LogP contribution in [0.3, 0.4) is 0 Å². The van der Waals surface area contributed by atoms with Crippen molar-refractivity contribution in [1.82, 2.24) is 19.1 Å². The van der Waals surface area contributed by atoms with E-state index < -0.39 is 17.4 Å². The summed E-state index contributed by atoms with van der Waals surface area (Å²) in [6.07, 6.45) is 1.62. The fourth-order valence-electron chi connectivity index (χ4n) is 3.27. The Bertz CT molecular complexity index is 832. The molecule has 0 amide bonds. The Morgan fingerprint density at radius 3 is 2.83 bits per heavy atom. The van der Waals surface area contributed by atoms with Gasteiger partial charge in [-0.3, -0.25) is 14.3 Å². The van der Waals surface area contributed by atoms with Gasteiger partial charge in [0.15, 0.2) is 11.2 Å². The zero-order chi connectivity index (χ0) is 16.7. The van der Waals surface area contributed by atoms with Crippen LogP contribution in [-0.4, -0.2) is 43.4 Å². The monoisotopic (exact) mass is 321 g/mol. The lowest BCUT2D eigenvalue weighted by Crippen LogP contribution is -2.36. The van der Waals surface area contributed by atoms with E-state index in [0.717, 1.165) is 19.5 Å². The van der Waals surface area contributed by atoms with Gasteiger partial charge in [0, 0.05) is 20.1 Å². The van der Waals surface area contributed by atoms with E-state index >= 15 is 0 Å². The second-order valence-electron chi connectivity index (χ2n) is 6.56. The summed E-state index contributed by atoms with van der Waals surface area (Å²) in [6.45, 7) is 5.84. The molecule has 126 valence electrons. The molecule has 0 spiro atoms. The molecule has 1 aliphatic rings. The van der Waals surface area contributed by atoms with Crippen LogP contribution >= 0.6 is 0 Å². The van der Waals surface area contributed by atoms with Gasteiger partial charge < -0.3 is 14.6 Å². The quantitative estimate of drug-likeness (QED) is 0.832. The number of hydrogen-bond donors (Lipinski definition) is 2. The highest BCUT2D eigenvalue weighted by molar-refractivity contribution is 5.74. The Balaban J connectivity index is 2.23. The van der Waals surface area contributed by atoms with Crippen LogP contribution in [-0.2, 0) is 13.6 Å². The summed E-state index contributed by atoms with van der Waals surface area (Å²) in [6, 6.07) is 0. The van der Waals surface area contributed by atoms with Crippen molar-refractivity contribution >= 4 is 17.1 Å². The lowest BCUT2D eigenvalue weighted by atomic mass is 10.0. The van der Waals surface area contributed by atoms with Crippen molar-refractivity contribution in [3.8, 4) is 0 Å². The van der Waals surface area contributed by atoms with E-state index in [1.807, 2.05) is 0 Å². The Morgan fingerprint density at radius 2 is 2.17 bits per heavy atom. The molecule has 1 saturated heterocycles. The van der Waals surface area contributed by atoms with Crippen LogP contribution in [0.2, 0.25) is 0 Å². The van der Waals surface area contributed by atoms with Crippen LogP contribution in [0, 0.1) is 5.92 Å². The van der Waals surface area contributed by atoms with Crippen molar-refractivity contribution in [2.24, 2.45) is 13.0 Å². The number of H-pyrrole nitrogens is 1. The maximum Gasteiger partial charge on any atom is 0.329 e. The van der Waals surface area contributed by atoms with Gasteiger partial charge in [-0.25, -0.2) is 4.79 Å². The average molecular weight is 321 g/mol. The molecule has 1 fully saturated rings. The van der Waals surface area contributed by atoms with Crippen LogP contribution in [0.25, 0.3) is 11.2 Å². The number of aryl methyl sites for hydroxylation is 1. The van der Waals surface area contributed by atoms with Gasteiger partial charge in [-0.1, -0.05) is 6.92 Å². The number of rotatable bonds is 3.